The van der Waals surface area contributed by atoms with E-state index in [0.717, 1.165) is 35.7 Å². The van der Waals surface area contributed by atoms with Crippen LogP contribution in [-0.2, 0) is 11.8 Å². The van der Waals surface area contributed by atoms with E-state index in [4.69, 9.17) is 9.97 Å². The second kappa shape index (κ2) is 6.59. The number of para-hydroxylation sites is 1. The molecule has 142 valence electrons. The van der Waals surface area contributed by atoms with Crippen LogP contribution in [-0.4, -0.2) is 47.9 Å². The molecule has 2 N–H and O–H groups in total. The molecule has 1 aliphatic heterocycles. The van der Waals surface area contributed by atoms with Crippen molar-refractivity contribution in [2.24, 2.45) is 7.05 Å². The lowest BCUT2D eigenvalue weighted by Gasteiger charge is -2.16. The predicted molar refractivity (Wildman–Crippen MR) is 105 cm³/mol. The zero-order valence-electron chi connectivity index (χ0n) is 15.5. The maximum atomic E-state index is 12.4. The lowest BCUT2D eigenvalue weighted by Crippen LogP contribution is -2.38. The minimum atomic E-state index is -0.342. The lowest BCUT2D eigenvalue weighted by atomic mass is 10.1. The molecule has 1 fully saturated rings. The number of rotatable bonds is 3. The number of nitrogens with one attached hydrogen (secondary N) is 2. The Kier molecular flexibility index (Phi) is 3.92. The minimum absolute atomic E-state index is 0.00629. The van der Waals surface area contributed by atoms with E-state index in [9.17, 15) is 4.79 Å². The molecule has 0 bridgehead atoms. The molecule has 9 heteroatoms. The summed E-state index contributed by atoms with van der Waals surface area (Å²) >= 11 is 0. The molecule has 0 unspecified atom stereocenters. The molecule has 9 nitrogen and oxygen atoms in total. The Bertz CT molecular complexity index is 1180. The molecule has 0 radical (unpaired) electrons. The molecule has 0 spiro atoms. The first-order valence-electron chi connectivity index (χ1n) is 9.38. The fourth-order valence-corrected chi connectivity index (χ4v) is 3.54. The monoisotopic (exact) mass is 376 g/mol. The van der Waals surface area contributed by atoms with E-state index in [-0.39, 0.29) is 11.9 Å². The smallest absolute Gasteiger partial charge is 0.242 e. The third-order valence-corrected chi connectivity index (χ3v) is 4.98. The Morgan fingerprint density at radius 3 is 2.96 bits per heavy atom. The number of nitrogens with zero attached hydrogens (tertiary/aromatic N) is 6. The van der Waals surface area contributed by atoms with E-state index in [1.54, 1.807) is 15.4 Å². The molecule has 28 heavy (non-hydrogen) atoms. The number of benzene rings is 1. The average Bonchev–Trinajstić information content (AvgIpc) is 3.28. The molecular formula is C19H20N8O. The average molecular weight is 376 g/mol. The van der Waals surface area contributed by atoms with E-state index >= 15 is 0 Å². The van der Waals surface area contributed by atoms with Crippen LogP contribution in [0.25, 0.3) is 27.9 Å². The lowest BCUT2D eigenvalue weighted by molar-refractivity contribution is -0.121. The molecular weight excluding hydrogens is 356 g/mol. The molecule has 1 saturated heterocycles. The van der Waals surface area contributed by atoms with Crippen molar-refractivity contribution >= 4 is 28.4 Å². The van der Waals surface area contributed by atoms with Crippen LogP contribution in [0.15, 0.2) is 36.7 Å². The molecule has 0 saturated carbocycles. The van der Waals surface area contributed by atoms with Gasteiger partial charge in [0.1, 0.15) is 6.04 Å². The molecule has 1 aromatic carbocycles. The Labute approximate surface area is 160 Å². The van der Waals surface area contributed by atoms with E-state index in [0.29, 0.717) is 24.0 Å². The van der Waals surface area contributed by atoms with Crippen LogP contribution in [0.4, 0.5) is 5.95 Å². The van der Waals surface area contributed by atoms with Crippen molar-refractivity contribution in [3.05, 3.63) is 36.7 Å². The zero-order chi connectivity index (χ0) is 19.1. The van der Waals surface area contributed by atoms with Gasteiger partial charge in [-0.05, 0) is 31.4 Å². The fraction of sp³-hybridized carbons (Fsp3) is 0.316. The van der Waals surface area contributed by atoms with Crippen LogP contribution in [0.3, 0.4) is 0 Å². The Morgan fingerprint density at radius 2 is 2.11 bits per heavy atom. The maximum absolute atomic E-state index is 12.4. The summed E-state index contributed by atoms with van der Waals surface area (Å²) in [7, 11) is 1.86. The highest BCUT2D eigenvalue weighted by Gasteiger charge is 2.23. The van der Waals surface area contributed by atoms with Gasteiger partial charge in [0.05, 0.1) is 17.3 Å². The number of aryl methyl sites for hydroxylation is 1. The SMILES string of the molecule is Cn1cc(-c2nc3c4ccccc4nc(N[C@@H]4CCCCNC4=O)n3n2)cn1. The van der Waals surface area contributed by atoms with Crippen LogP contribution < -0.4 is 10.6 Å². The first-order chi connectivity index (χ1) is 13.7. The van der Waals surface area contributed by atoms with Gasteiger partial charge in [-0.2, -0.15) is 9.61 Å². The first-order valence-corrected chi connectivity index (χ1v) is 9.38. The van der Waals surface area contributed by atoms with Crippen LogP contribution in [0.1, 0.15) is 19.3 Å². The molecule has 0 aliphatic carbocycles. The number of hydrogen-bond acceptors (Lipinski definition) is 6. The highest BCUT2D eigenvalue weighted by molar-refractivity contribution is 5.93. The van der Waals surface area contributed by atoms with Gasteiger partial charge in [0.15, 0.2) is 11.5 Å². The Hall–Kier alpha value is -3.49. The summed E-state index contributed by atoms with van der Waals surface area (Å²) in [5, 5.41) is 16.0. The van der Waals surface area contributed by atoms with Gasteiger partial charge >= 0.3 is 0 Å². The van der Waals surface area contributed by atoms with Gasteiger partial charge in [0, 0.05) is 25.2 Å². The van der Waals surface area contributed by atoms with Gasteiger partial charge in [-0.15, -0.1) is 5.10 Å². The van der Waals surface area contributed by atoms with Crippen LogP contribution >= 0.6 is 0 Å². The predicted octanol–water partition coefficient (Wildman–Crippen LogP) is 1.76. The van der Waals surface area contributed by atoms with Gasteiger partial charge < -0.3 is 10.6 Å². The topological polar surface area (TPSA) is 102 Å². The highest BCUT2D eigenvalue weighted by atomic mass is 16.2. The van der Waals surface area contributed by atoms with Crippen molar-refractivity contribution in [3.8, 4) is 11.4 Å². The second-order valence-electron chi connectivity index (χ2n) is 7.01. The van der Waals surface area contributed by atoms with Gasteiger partial charge in [-0.3, -0.25) is 9.48 Å². The van der Waals surface area contributed by atoms with Crippen molar-refractivity contribution in [2.75, 3.05) is 11.9 Å². The van der Waals surface area contributed by atoms with Crippen molar-refractivity contribution in [2.45, 2.75) is 25.3 Å². The maximum Gasteiger partial charge on any atom is 0.242 e. The molecule has 1 aliphatic rings. The summed E-state index contributed by atoms with van der Waals surface area (Å²) in [6, 6.07) is 7.46. The van der Waals surface area contributed by atoms with Crippen molar-refractivity contribution in [1.29, 1.82) is 0 Å². The van der Waals surface area contributed by atoms with Gasteiger partial charge in [-0.1, -0.05) is 12.1 Å². The summed E-state index contributed by atoms with van der Waals surface area (Å²) in [6.07, 6.45) is 6.32. The van der Waals surface area contributed by atoms with Crippen molar-refractivity contribution in [3.63, 3.8) is 0 Å². The number of hydrogen-bond donors (Lipinski definition) is 2. The summed E-state index contributed by atoms with van der Waals surface area (Å²) in [5.41, 5.74) is 2.33. The third-order valence-electron chi connectivity index (χ3n) is 4.98. The zero-order valence-corrected chi connectivity index (χ0v) is 15.5. The van der Waals surface area contributed by atoms with Crippen LogP contribution in [0.2, 0.25) is 0 Å². The number of fused-ring (bicyclic) bond motifs is 3. The number of amides is 1. The van der Waals surface area contributed by atoms with E-state index < -0.39 is 0 Å². The molecule has 5 rings (SSSR count). The highest BCUT2D eigenvalue weighted by Crippen LogP contribution is 2.24. The van der Waals surface area contributed by atoms with E-state index in [1.807, 2.05) is 37.5 Å². The van der Waals surface area contributed by atoms with Gasteiger partial charge in [0.25, 0.3) is 0 Å². The molecule has 3 aromatic heterocycles. The number of carbonyl (C=O) groups excluding carboxylic acids is 1. The number of aromatic nitrogens is 6. The Balaban J connectivity index is 1.66. The summed E-state index contributed by atoms with van der Waals surface area (Å²) in [5.74, 6) is 1.08. The van der Waals surface area contributed by atoms with Gasteiger partial charge in [0.2, 0.25) is 11.9 Å². The molecule has 1 atom stereocenters. The number of carbonyl (C=O) groups is 1. The normalized spacial score (nSPS) is 17.6. The van der Waals surface area contributed by atoms with Crippen LogP contribution in [0.5, 0.6) is 0 Å². The largest absolute Gasteiger partial charge is 0.354 e. The van der Waals surface area contributed by atoms with E-state index in [2.05, 4.69) is 20.8 Å². The summed E-state index contributed by atoms with van der Waals surface area (Å²) < 4.78 is 3.40. The van der Waals surface area contributed by atoms with E-state index in [1.165, 1.54) is 0 Å². The number of anilines is 1. The quantitative estimate of drug-likeness (QED) is 0.565. The first kappa shape index (κ1) is 16.7. The van der Waals surface area contributed by atoms with Crippen LogP contribution in [0, 0.1) is 0 Å². The van der Waals surface area contributed by atoms with Crippen molar-refractivity contribution in [1.82, 2.24) is 34.7 Å². The molecule has 4 aromatic rings. The minimum Gasteiger partial charge on any atom is -0.354 e. The molecule has 4 heterocycles. The standard InChI is InChI=1S/C19H20N8O/c1-26-11-12(10-21-26)16-24-17-13-6-2-3-7-14(13)22-19(27(17)25-16)23-15-8-4-5-9-20-18(15)28/h2-3,6-7,10-11,15H,4-5,8-9H2,1H3,(H,20,28)(H,22,23)/t15-/m1/s1. The Morgan fingerprint density at radius 1 is 1.21 bits per heavy atom. The van der Waals surface area contributed by atoms with Gasteiger partial charge in [-0.25, -0.2) is 9.97 Å². The second-order valence-corrected chi connectivity index (χ2v) is 7.01. The van der Waals surface area contributed by atoms with Crippen molar-refractivity contribution < 1.29 is 4.79 Å². The third kappa shape index (κ3) is 2.84. The fourth-order valence-electron chi connectivity index (χ4n) is 3.54. The summed E-state index contributed by atoms with van der Waals surface area (Å²) in [6.45, 7) is 0.714. The molecule has 1 amide bonds. The summed E-state index contributed by atoms with van der Waals surface area (Å²) in [4.78, 5) is 21.8.